The molecule has 0 unspecified atom stereocenters. The average molecular weight is 284 g/mol. The molecule has 0 bridgehead atoms. The van der Waals surface area contributed by atoms with Crippen LogP contribution in [-0.2, 0) is 11.3 Å². The molecule has 1 heterocycles. The SMILES string of the molecule is O=C(COc1ccc(F)cc1Cl)NCc1ncc[nH]1. The van der Waals surface area contributed by atoms with Crippen LogP contribution in [0.4, 0.5) is 4.39 Å². The molecule has 0 saturated carbocycles. The maximum Gasteiger partial charge on any atom is 0.258 e. The Labute approximate surface area is 113 Å². The molecular weight excluding hydrogens is 273 g/mol. The van der Waals surface area contributed by atoms with Gasteiger partial charge in [-0.2, -0.15) is 0 Å². The molecule has 0 aliphatic carbocycles. The van der Waals surface area contributed by atoms with Gasteiger partial charge in [-0.1, -0.05) is 11.6 Å². The van der Waals surface area contributed by atoms with Crippen LogP contribution in [0, 0.1) is 5.82 Å². The Morgan fingerprint density at radius 3 is 3.05 bits per heavy atom. The summed E-state index contributed by atoms with van der Waals surface area (Å²) in [6.07, 6.45) is 3.26. The fourth-order valence-electron chi connectivity index (χ4n) is 1.36. The first kappa shape index (κ1) is 13.4. The van der Waals surface area contributed by atoms with E-state index in [1.54, 1.807) is 12.4 Å². The molecule has 7 heteroatoms. The minimum absolute atomic E-state index is 0.124. The van der Waals surface area contributed by atoms with Crippen molar-refractivity contribution in [2.24, 2.45) is 0 Å². The molecule has 0 radical (unpaired) electrons. The van der Waals surface area contributed by atoms with Crippen LogP contribution in [0.3, 0.4) is 0 Å². The van der Waals surface area contributed by atoms with Gasteiger partial charge in [0, 0.05) is 12.4 Å². The number of H-pyrrole nitrogens is 1. The average Bonchev–Trinajstić information content (AvgIpc) is 2.88. The summed E-state index contributed by atoms with van der Waals surface area (Å²) in [5.41, 5.74) is 0. The van der Waals surface area contributed by atoms with Gasteiger partial charge >= 0.3 is 0 Å². The van der Waals surface area contributed by atoms with E-state index in [2.05, 4.69) is 15.3 Å². The van der Waals surface area contributed by atoms with Gasteiger partial charge in [-0.05, 0) is 18.2 Å². The van der Waals surface area contributed by atoms with E-state index < -0.39 is 5.82 Å². The molecule has 0 aliphatic heterocycles. The molecule has 0 atom stereocenters. The number of benzene rings is 1. The number of nitrogens with one attached hydrogen (secondary N) is 2. The predicted octanol–water partition coefficient (Wildman–Crippen LogP) is 1.90. The van der Waals surface area contributed by atoms with E-state index in [0.29, 0.717) is 5.82 Å². The fraction of sp³-hybridized carbons (Fsp3) is 0.167. The highest BCUT2D eigenvalue weighted by Crippen LogP contribution is 2.24. The normalized spacial score (nSPS) is 10.2. The van der Waals surface area contributed by atoms with Crippen molar-refractivity contribution in [3.05, 3.63) is 47.3 Å². The number of carbonyl (C=O) groups is 1. The minimum atomic E-state index is -0.459. The van der Waals surface area contributed by atoms with Gasteiger partial charge in [0.1, 0.15) is 17.4 Å². The van der Waals surface area contributed by atoms with Gasteiger partial charge in [0.25, 0.3) is 5.91 Å². The van der Waals surface area contributed by atoms with Crippen molar-refractivity contribution in [3.63, 3.8) is 0 Å². The number of amides is 1. The number of carbonyl (C=O) groups excluding carboxylic acids is 1. The van der Waals surface area contributed by atoms with E-state index in [1.165, 1.54) is 12.1 Å². The van der Waals surface area contributed by atoms with Crippen LogP contribution in [0.2, 0.25) is 5.02 Å². The van der Waals surface area contributed by atoms with Crippen molar-refractivity contribution in [3.8, 4) is 5.75 Å². The van der Waals surface area contributed by atoms with Gasteiger partial charge in [0.05, 0.1) is 11.6 Å². The van der Waals surface area contributed by atoms with Gasteiger partial charge in [-0.3, -0.25) is 4.79 Å². The minimum Gasteiger partial charge on any atom is -0.482 e. The van der Waals surface area contributed by atoms with E-state index in [1.807, 2.05) is 0 Å². The molecule has 1 aromatic carbocycles. The van der Waals surface area contributed by atoms with Crippen LogP contribution in [0.15, 0.2) is 30.6 Å². The lowest BCUT2D eigenvalue weighted by Crippen LogP contribution is -2.28. The standard InChI is InChI=1S/C12H11ClFN3O2/c13-9-5-8(14)1-2-10(9)19-7-12(18)17-6-11-15-3-4-16-11/h1-5H,6-7H2,(H,15,16)(H,17,18). The number of ether oxygens (including phenoxy) is 1. The Morgan fingerprint density at radius 2 is 2.37 bits per heavy atom. The first-order valence-corrected chi connectivity index (χ1v) is 5.86. The monoisotopic (exact) mass is 283 g/mol. The van der Waals surface area contributed by atoms with Crippen molar-refractivity contribution in [2.45, 2.75) is 6.54 Å². The second kappa shape index (κ2) is 6.19. The summed E-state index contributed by atoms with van der Waals surface area (Å²) in [7, 11) is 0. The van der Waals surface area contributed by atoms with Crippen molar-refractivity contribution in [1.82, 2.24) is 15.3 Å². The molecule has 100 valence electrons. The lowest BCUT2D eigenvalue weighted by atomic mass is 10.3. The first-order valence-electron chi connectivity index (χ1n) is 5.48. The molecule has 1 amide bonds. The quantitative estimate of drug-likeness (QED) is 0.881. The lowest BCUT2D eigenvalue weighted by Gasteiger charge is -2.08. The van der Waals surface area contributed by atoms with Crippen molar-refractivity contribution >= 4 is 17.5 Å². The van der Waals surface area contributed by atoms with Gasteiger partial charge in [0.15, 0.2) is 6.61 Å². The topological polar surface area (TPSA) is 67.0 Å². The number of hydrogen-bond acceptors (Lipinski definition) is 3. The Kier molecular flexibility index (Phi) is 4.35. The summed E-state index contributed by atoms with van der Waals surface area (Å²) >= 11 is 5.76. The molecule has 2 N–H and O–H groups in total. The van der Waals surface area contributed by atoms with Crippen LogP contribution >= 0.6 is 11.6 Å². The molecule has 5 nitrogen and oxygen atoms in total. The van der Waals surface area contributed by atoms with Crippen LogP contribution in [0.5, 0.6) is 5.75 Å². The van der Waals surface area contributed by atoms with E-state index in [4.69, 9.17) is 16.3 Å². The van der Waals surface area contributed by atoms with E-state index in [9.17, 15) is 9.18 Å². The van der Waals surface area contributed by atoms with Crippen LogP contribution in [0.25, 0.3) is 0 Å². The number of aromatic nitrogens is 2. The number of rotatable bonds is 5. The Balaban J connectivity index is 1.80. The zero-order valence-electron chi connectivity index (χ0n) is 9.82. The van der Waals surface area contributed by atoms with Crippen LogP contribution in [-0.4, -0.2) is 22.5 Å². The zero-order valence-corrected chi connectivity index (χ0v) is 10.6. The smallest absolute Gasteiger partial charge is 0.258 e. The van der Waals surface area contributed by atoms with Gasteiger partial charge < -0.3 is 15.0 Å². The second-order valence-corrected chi connectivity index (χ2v) is 4.08. The predicted molar refractivity (Wildman–Crippen MR) is 67.3 cm³/mol. The van der Waals surface area contributed by atoms with Gasteiger partial charge in [-0.25, -0.2) is 9.37 Å². The summed E-state index contributed by atoms with van der Waals surface area (Å²) in [6.45, 7) is 0.0818. The summed E-state index contributed by atoms with van der Waals surface area (Å²) in [6, 6.07) is 3.71. The molecular formula is C12H11ClFN3O2. The third kappa shape index (κ3) is 3.96. The van der Waals surface area contributed by atoms with Crippen molar-refractivity contribution in [1.29, 1.82) is 0 Å². The molecule has 0 aliphatic rings. The summed E-state index contributed by atoms with van der Waals surface area (Å²) < 4.78 is 18.0. The third-order valence-electron chi connectivity index (χ3n) is 2.26. The molecule has 1 aromatic heterocycles. The van der Waals surface area contributed by atoms with Crippen molar-refractivity contribution in [2.75, 3.05) is 6.61 Å². The highest BCUT2D eigenvalue weighted by molar-refractivity contribution is 6.32. The van der Waals surface area contributed by atoms with Crippen LogP contribution in [0.1, 0.15) is 5.82 Å². The van der Waals surface area contributed by atoms with Gasteiger partial charge in [-0.15, -0.1) is 0 Å². The van der Waals surface area contributed by atoms with E-state index >= 15 is 0 Å². The number of aromatic amines is 1. The summed E-state index contributed by atoms with van der Waals surface area (Å²) in [5.74, 6) is 0.126. The Morgan fingerprint density at radius 1 is 1.53 bits per heavy atom. The summed E-state index contributed by atoms with van der Waals surface area (Å²) in [5, 5.41) is 2.74. The van der Waals surface area contributed by atoms with E-state index in [0.717, 1.165) is 6.07 Å². The zero-order chi connectivity index (χ0) is 13.7. The summed E-state index contributed by atoms with van der Waals surface area (Å²) in [4.78, 5) is 18.3. The molecule has 0 fully saturated rings. The molecule has 2 rings (SSSR count). The third-order valence-corrected chi connectivity index (χ3v) is 2.56. The number of hydrogen-bond donors (Lipinski definition) is 2. The van der Waals surface area contributed by atoms with Gasteiger partial charge in [0.2, 0.25) is 0 Å². The number of nitrogens with zero attached hydrogens (tertiary/aromatic N) is 1. The highest BCUT2D eigenvalue weighted by atomic mass is 35.5. The maximum atomic E-state index is 12.8. The maximum absolute atomic E-state index is 12.8. The van der Waals surface area contributed by atoms with Crippen LogP contribution < -0.4 is 10.1 Å². The Hall–Kier alpha value is -2.08. The second-order valence-electron chi connectivity index (χ2n) is 3.68. The molecule has 19 heavy (non-hydrogen) atoms. The number of halogens is 2. The molecule has 2 aromatic rings. The molecule has 0 spiro atoms. The largest absolute Gasteiger partial charge is 0.482 e. The van der Waals surface area contributed by atoms with Crippen molar-refractivity contribution < 1.29 is 13.9 Å². The fourth-order valence-corrected chi connectivity index (χ4v) is 1.59. The lowest BCUT2D eigenvalue weighted by molar-refractivity contribution is -0.123. The highest BCUT2D eigenvalue weighted by Gasteiger charge is 2.07. The number of imidazole rings is 1. The first-order chi connectivity index (χ1) is 9.15. The molecule has 0 saturated heterocycles. The van der Waals surface area contributed by atoms with E-state index in [-0.39, 0.29) is 29.8 Å². The Bertz CT molecular complexity index is 560.